The van der Waals surface area contributed by atoms with Crippen LogP contribution in [0.2, 0.25) is 0 Å². The van der Waals surface area contributed by atoms with Crippen LogP contribution in [0.5, 0.6) is 0 Å². The van der Waals surface area contributed by atoms with Crippen LogP contribution in [0.4, 0.5) is 0 Å². The minimum atomic E-state index is 0.0378. The summed E-state index contributed by atoms with van der Waals surface area (Å²) in [7, 11) is 0. The summed E-state index contributed by atoms with van der Waals surface area (Å²) in [5, 5.41) is 3.33. The summed E-state index contributed by atoms with van der Waals surface area (Å²) in [5.74, 6) is 1.14. The molecule has 2 fully saturated rings. The molecule has 1 aromatic rings. The predicted octanol–water partition coefficient (Wildman–Crippen LogP) is 2.16. The molecule has 0 spiro atoms. The van der Waals surface area contributed by atoms with Crippen LogP contribution in [0.3, 0.4) is 0 Å². The lowest BCUT2D eigenvalue weighted by Crippen LogP contribution is -2.32. The first-order chi connectivity index (χ1) is 9.84. The van der Waals surface area contributed by atoms with Crippen LogP contribution in [-0.4, -0.2) is 42.0 Å². The number of carbonyl (C=O) groups is 1. The van der Waals surface area contributed by atoms with Gasteiger partial charge in [0, 0.05) is 19.0 Å². The number of piperidine rings is 1. The number of hydrogen-bond donors (Lipinski definition) is 1. The zero-order valence-electron chi connectivity index (χ0n) is 11.9. The lowest BCUT2D eigenvalue weighted by atomic mass is 9.98. The summed E-state index contributed by atoms with van der Waals surface area (Å²) in [5.41, 5.74) is 0.487. The van der Waals surface area contributed by atoms with Crippen molar-refractivity contribution in [1.29, 1.82) is 0 Å². The van der Waals surface area contributed by atoms with Gasteiger partial charge < -0.3 is 14.6 Å². The largest absolute Gasteiger partial charge is 0.448 e. The Morgan fingerprint density at radius 1 is 1.20 bits per heavy atom. The lowest BCUT2D eigenvalue weighted by molar-refractivity contribution is 0.0755. The van der Waals surface area contributed by atoms with Gasteiger partial charge in [0.15, 0.2) is 11.6 Å². The first-order valence-corrected chi connectivity index (χ1v) is 7.80. The van der Waals surface area contributed by atoms with Crippen LogP contribution in [0.1, 0.15) is 60.8 Å². The van der Waals surface area contributed by atoms with Crippen molar-refractivity contribution in [2.24, 2.45) is 0 Å². The second-order valence-electron chi connectivity index (χ2n) is 5.80. The summed E-state index contributed by atoms with van der Waals surface area (Å²) in [6.45, 7) is 3.72. The van der Waals surface area contributed by atoms with Gasteiger partial charge in [0.05, 0.1) is 0 Å². The van der Waals surface area contributed by atoms with Gasteiger partial charge in [-0.1, -0.05) is 12.8 Å². The van der Waals surface area contributed by atoms with E-state index in [1.165, 1.54) is 12.8 Å². The molecule has 1 N–H and O–H groups in total. The van der Waals surface area contributed by atoms with Crippen molar-refractivity contribution in [2.75, 3.05) is 26.2 Å². The van der Waals surface area contributed by atoms with Crippen LogP contribution < -0.4 is 5.32 Å². The molecule has 5 nitrogen and oxygen atoms in total. The molecule has 2 aliphatic rings. The Bertz CT molecular complexity index is 444. The van der Waals surface area contributed by atoms with Gasteiger partial charge in [-0.3, -0.25) is 4.79 Å². The fourth-order valence-corrected chi connectivity index (χ4v) is 3.08. The van der Waals surface area contributed by atoms with Crippen LogP contribution >= 0.6 is 0 Å². The minimum absolute atomic E-state index is 0.0378. The number of hydrogen-bond acceptors (Lipinski definition) is 4. The summed E-state index contributed by atoms with van der Waals surface area (Å²) >= 11 is 0. The van der Waals surface area contributed by atoms with Crippen LogP contribution in [0, 0.1) is 0 Å². The lowest BCUT2D eigenvalue weighted by Gasteiger charge is -2.19. The second-order valence-corrected chi connectivity index (χ2v) is 5.80. The molecule has 0 aliphatic carbocycles. The van der Waals surface area contributed by atoms with Gasteiger partial charge in [-0.25, -0.2) is 4.98 Å². The SMILES string of the molecule is O=C(c1coc(C2CCNCC2)n1)N1CCCCCC1. The van der Waals surface area contributed by atoms with Gasteiger partial charge in [-0.2, -0.15) is 0 Å². The first kappa shape index (κ1) is 13.6. The Hall–Kier alpha value is -1.36. The number of likely N-dealkylation sites (tertiary alicyclic amines) is 1. The molecule has 2 saturated heterocycles. The first-order valence-electron chi connectivity index (χ1n) is 7.80. The Kier molecular flexibility index (Phi) is 4.35. The van der Waals surface area contributed by atoms with Crippen molar-refractivity contribution in [1.82, 2.24) is 15.2 Å². The van der Waals surface area contributed by atoms with E-state index in [2.05, 4.69) is 10.3 Å². The van der Waals surface area contributed by atoms with Crippen LogP contribution in [0.15, 0.2) is 10.7 Å². The average molecular weight is 277 g/mol. The molecular weight excluding hydrogens is 254 g/mol. The molecule has 3 heterocycles. The molecule has 2 aliphatic heterocycles. The van der Waals surface area contributed by atoms with E-state index < -0.39 is 0 Å². The Labute approximate surface area is 119 Å². The predicted molar refractivity (Wildman–Crippen MR) is 75.7 cm³/mol. The number of carbonyl (C=O) groups excluding carboxylic acids is 1. The van der Waals surface area contributed by atoms with E-state index in [1.807, 2.05) is 4.90 Å². The zero-order chi connectivity index (χ0) is 13.8. The van der Waals surface area contributed by atoms with Crippen molar-refractivity contribution in [3.8, 4) is 0 Å². The maximum atomic E-state index is 12.4. The molecule has 1 amide bonds. The van der Waals surface area contributed by atoms with Gasteiger partial charge in [0.2, 0.25) is 0 Å². The average Bonchev–Trinajstić information content (AvgIpc) is 2.83. The number of aromatic nitrogens is 1. The molecule has 0 aromatic carbocycles. The van der Waals surface area contributed by atoms with Crippen molar-refractivity contribution in [3.05, 3.63) is 17.8 Å². The summed E-state index contributed by atoms with van der Waals surface area (Å²) < 4.78 is 5.56. The number of rotatable bonds is 2. The fraction of sp³-hybridized carbons (Fsp3) is 0.733. The number of oxazole rings is 1. The zero-order valence-corrected chi connectivity index (χ0v) is 11.9. The molecule has 110 valence electrons. The van der Waals surface area contributed by atoms with Gasteiger partial charge in [0.25, 0.3) is 5.91 Å². The smallest absolute Gasteiger partial charge is 0.275 e. The maximum absolute atomic E-state index is 12.4. The summed E-state index contributed by atoms with van der Waals surface area (Å²) in [6.07, 6.45) is 8.28. The normalized spacial score (nSPS) is 21.7. The molecule has 1 aromatic heterocycles. The highest BCUT2D eigenvalue weighted by atomic mass is 16.3. The molecular formula is C15H23N3O2. The third-order valence-electron chi connectivity index (χ3n) is 4.32. The minimum Gasteiger partial charge on any atom is -0.448 e. The summed E-state index contributed by atoms with van der Waals surface area (Å²) in [6, 6.07) is 0. The topological polar surface area (TPSA) is 58.4 Å². The maximum Gasteiger partial charge on any atom is 0.275 e. The van der Waals surface area contributed by atoms with E-state index in [9.17, 15) is 4.79 Å². The molecule has 20 heavy (non-hydrogen) atoms. The van der Waals surface area contributed by atoms with Gasteiger partial charge >= 0.3 is 0 Å². The van der Waals surface area contributed by atoms with Gasteiger partial charge in [-0.05, 0) is 38.8 Å². The molecule has 0 bridgehead atoms. The van der Waals surface area contributed by atoms with Crippen molar-refractivity contribution in [2.45, 2.75) is 44.4 Å². The van der Waals surface area contributed by atoms with E-state index in [0.29, 0.717) is 11.6 Å². The second kappa shape index (κ2) is 6.39. The van der Waals surface area contributed by atoms with Gasteiger partial charge in [-0.15, -0.1) is 0 Å². The highest BCUT2D eigenvalue weighted by Crippen LogP contribution is 2.25. The Morgan fingerprint density at radius 3 is 2.60 bits per heavy atom. The highest BCUT2D eigenvalue weighted by Gasteiger charge is 2.24. The fourth-order valence-electron chi connectivity index (χ4n) is 3.08. The Balaban J connectivity index is 1.67. The third-order valence-corrected chi connectivity index (χ3v) is 4.32. The molecule has 0 unspecified atom stereocenters. The number of nitrogens with one attached hydrogen (secondary N) is 1. The molecule has 0 atom stereocenters. The molecule has 3 rings (SSSR count). The summed E-state index contributed by atoms with van der Waals surface area (Å²) in [4.78, 5) is 18.8. The monoisotopic (exact) mass is 277 g/mol. The van der Waals surface area contributed by atoms with E-state index in [1.54, 1.807) is 6.26 Å². The van der Waals surface area contributed by atoms with Crippen molar-refractivity contribution in [3.63, 3.8) is 0 Å². The third kappa shape index (κ3) is 3.03. The van der Waals surface area contributed by atoms with E-state index >= 15 is 0 Å². The number of amides is 1. The van der Waals surface area contributed by atoms with Crippen molar-refractivity contribution >= 4 is 5.91 Å². The molecule has 5 heteroatoms. The quantitative estimate of drug-likeness (QED) is 0.900. The van der Waals surface area contributed by atoms with Crippen molar-refractivity contribution < 1.29 is 9.21 Å². The van der Waals surface area contributed by atoms with Crippen LogP contribution in [0.25, 0.3) is 0 Å². The highest BCUT2D eigenvalue weighted by molar-refractivity contribution is 5.92. The van der Waals surface area contributed by atoms with E-state index in [0.717, 1.165) is 57.8 Å². The standard InChI is InChI=1S/C15H23N3O2/c19-15(18-9-3-1-2-4-10-18)13-11-20-14(17-13)12-5-7-16-8-6-12/h11-12,16H,1-10H2. The van der Waals surface area contributed by atoms with E-state index in [-0.39, 0.29) is 5.91 Å². The van der Waals surface area contributed by atoms with E-state index in [4.69, 9.17) is 4.42 Å². The Morgan fingerprint density at radius 2 is 1.90 bits per heavy atom. The van der Waals surface area contributed by atoms with Gasteiger partial charge in [0.1, 0.15) is 6.26 Å². The molecule has 0 radical (unpaired) electrons. The number of nitrogens with zero attached hydrogens (tertiary/aromatic N) is 2. The van der Waals surface area contributed by atoms with Crippen LogP contribution in [-0.2, 0) is 0 Å². The molecule has 0 saturated carbocycles.